The fourth-order valence-corrected chi connectivity index (χ4v) is 1.53. The predicted octanol–water partition coefficient (Wildman–Crippen LogP) is 1.67. The van der Waals surface area contributed by atoms with Gasteiger partial charge in [0, 0.05) is 0 Å². The van der Waals surface area contributed by atoms with Gasteiger partial charge in [-0.25, -0.2) is 4.79 Å². The molecule has 12 heavy (non-hydrogen) atoms. The normalized spacial score (nSPS) is 21.1. The lowest BCUT2D eigenvalue weighted by molar-refractivity contribution is -0.149. The lowest BCUT2D eigenvalue weighted by atomic mass is 10.1. The summed E-state index contributed by atoms with van der Waals surface area (Å²) in [5, 5.41) is 8.53. The van der Waals surface area contributed by atoms with E-state index >= 15 is 0 Å². The summed E-state index contributed by atoms with van der Waals surface area (Å²) < 4.78 is 5.19. The molecule has 0 aromatic heterocycles. The van der Waals surface area contributed by atoms with Crippen LogP contribution >= 0.6 is 0 Å². The topological polar surface area (TPSA) is 46.5 Å². The van der Waals surface area contributed by atoms with E-state index in [0.717, 1.165) is 0 Å². The summed E-state index contributed by atoms with van der Waals surface area (Å²) in [6.45, 7) is 2.20. The van der Waals surface area contributed by atoms with Crippen LogP contribution in [0.5, 0.6) is 0 Å². The molecule has 3 nitrogen and oxygen atoms in total. The van der Waals surface area contributed by atoms with Gasteiger partial charge in [-0.3, -0.25) is 0 Å². The quantitative estimate of drug-likeness (QED) is 0.701. The van der Waals surface area contributed by atoms with Crippen LogP contribution in [0.25, 0.3) is 0 Å². The number of aliphatic carboxylic acids is 1. The largest absolute Gasteiger partial charge is 0.479 e. The molecule has 70 valence electrons. The van der Waals surface area contributed by atoms with Crippen molar-refractivity contribution in [1.29, 1.82) is 0 Å². The van der Waals surface area contributed by atoms with E-state index in [2.05, 4.69) is 0 Å². The number of carbonyl (C=O) groups is 1. The van der Waals surface area contributed by atoms with E-state index in [1.54, 1.807) is 6.92 Å². The molecule has 0 saturated heterocycles. The Labute approximate surface area is 72.7 Å². The summed E-state index contributed by atoms with van der Waals surface area (Å²) in [7, 11) is 0. The first-order chi connectivity index (χ1) is 5.70. The van der Waals surface area contributed by atoms with Crippen LogP contribution < -0.4 is 0 Å². The molecule has 1 aliphatic carbocycles. The molecule has 1 N–H and O–H groups in total. The van der Waals surface area contributed by atoms with Crippen molar-refractivity contribution in [3.05, 3.63) is 0 Å². The zero-order valence-electron chi connectivity index (χ0n) is 7.45. The second-order valence-electron chi connectivity index (χ2n) is 3.46. The molecule has 0 aromatic rings. The van der Waals surface area contributed by atoms with Crippen molar-refractivity contribution in [3.8, 4) is 0 Å². The average molecular weight is 172 g/mol. The molecule has 0 unspecified atom stereocenters. The SMILES string of the molecule is C[C@H](OCC1CCCC1)C(=O)O. The first-order valence-electron chi connectivity index (χ1n) is 4.54. The van der Waals surface area contributed by atoms with E-state index in [4.69, 9.17) is 9.84 Å². The zero-order valence-corrected chi connectivity index (χ0v) is 7.45. The highest BCUT2D eigenvalue weighted by atomic mass is 16.5. The third-order valence-electron chi connectivity index (χ3n) is 2.40. The smallest absolute Gasteiger partial charge is 0.332 e. The molecule has 1 atom stereocenters. The summed E-state index contributed by atoms with van der Waals surface area (Å²) in [6.07, 6.45) is 4.30. The maximum absolute atomic E-state index is 10.4. The molecule has 1 aliphatic rings. The molecule has 0 spiro atoms. The third kappa shape index (κ3) is 2.81. The van der Waals surface area contributed by atoms with Crippen LogP contribution in [0.4, 0.5) is 0 Å². The summed E-state index contributed by atoms with van der Waals surface area (Å²) >= 11 is 0. The van der Waals surface area contributed by atoms with Crippen LogP contribution in [0.1, 0.15) is 32.6 Å². The van der Waals surface area contributed by atoms with E-state index in [9.17, 15) is 4.79 Å². The highest BCUT2D eigenvalue weighted by Crippen LogP contribution is 2.24. The standard InChI is InChI=1S/C9H16O3/c1-7(9(10)11)12-6-8-4-2-3-5-8/h7-8H,2-6H2,1H3,(H,10,11)/t7-/m0/s1. The van der Waals surface area contributed by atoms with Crippen molar-refractivity contribution in [1.82, 2.24) is 0 Å². The molecule has 0 radical (unpaired) electrons. The van der Waals surface area contributed by atoms with Gasteiger partial charge in [0.15, 0.2) is 6.10 Å². The number of ether oxygens (including phenoxy) is 1. The second-order valence-corrected chi connectivity index (χ2v) is 3.46. The first-order valence-corrected chi connectivity index (χ1v) is 4.54. The molecule has 1 fully saturated rings. The Hall–Kier alpha value is -0.570. The Morgan fingerprint density at radius 1 is 1.58 bits per heavy atom. The van der Waals surface area contributed by atoms with E-state index in [0.29, 0.717) is 12.5 Å². The summed E-state index contributed by atoms with van der Waals surface area (Å²) in [5.41, 5.74) is 0. The first kappa shape index (κ1) is 9.52. The molecular weight excluding hydrogens is 156 g/mol. The Bertz CT molecular complexity index is 150. The minimum atomic E-state index is -0.868. The summed E-state index contributed by atoms with van der Waals surface area (Å²) in [6, 6.07) is 0. The number of hydrogen-bond donors (Lipinski definition) is 1. The van der Waals surface area contributed by atoms with Crippen LogP contribution in [-0.2, 0) is 9.53 Å². The Balaban J connectivity index is 2.11. The summed E-state index contributed by atoms with van der Waals surface area (Å²) in [4.78, 5) is 10.4. The molecule has 0 aliphatic heterocycles. The molecule has 0 aromatic carbocycles. The number of rotatable bonds is 4. The van der Waals surface area contributed by atoms with Crippen LogP contribution in [0.3, 0.4) is 0 Å². The summed E-state index contributed by atoms with van der Waals surface area (Å²) in [5.74, 6) is -0.264. The lowest BCUT2D eigenvalue weighted by Gasteiger charge is -2.12. The van der Waals surface area contributed by atoms with Gasteiger partial charge in [0.2, 0.25) is 0 Å². The van der Waals surface area contributed by atoms with Crippen molar-refractivity contribution in [2.45, 2.75) is 38.7 Å². The monoisotopic (exact) mass is 172 g/mol. The lowest BCUT2D eigenvalue weighted by Crippen LogP contribution is -2.22. The van der Waals surface area contributed by atoms with Crippen LogP contribution in [0.15, 0.2) is 0 Å². The molecule has 0 bridgehead atoms. The zero-order chi connectivity index (χ0) is 8.97. The van der Waals surface area contributed by atoms with Crippen LogP contribution in [0.2, 0.25) is 0 Å². The van der Waals surface area contributed by atoms with Crippen LogP contribution in [0, 0.1) is 5.92 Å². The molecule has 1 rings (SSSR count). The van der Waals surface area contributed by atoms with Gasteiger partial charge in [-0.05, 0) is 25.7 Å². The van der Waals surface area contributed by atoms with Crippen molar-refractivity contribution >= 4 is 5.97 Å². The van der Waals surface area contributed by atoms with Gasteiger partial charge in [-0.2, -0.15) is 0 Å². The van der Waals surface area contributed by atoms with Crippen molar-refractivity contribution in [2.75, 3.05) is 6.61 Å². The maximum atomic E-state index is 10.4. The van der Waals surface area contributed by atoms with Crippen LogP contribution in [-0.4, -0.2) is 23.8 Å². The molecule has 0 heterocycles. The van der Waals surface area contributed by atoms with E-state index in [1.165, 1.54) is 25.7 Å². The Morgan fingerprint density at radius 3 is 2.67 bits per heavy atom. The molecular formula is C9H16O3. The second kappa shape index (κ2) is 4.45. The van der Waals surface area contributed by atoms with E-state index in [-0.39, 0.29) is 0 Å². The van der Waals surface area contributed by atoms with Gasteiger partial charge in [0.05, 0.1) is 6.61 Å². The van der Waals surface area contributed by atoms with Crippen molar-refractivity contribution in [2.24, 2.45) is 5.92 Å². The molecule has 1 saturated carbocycles. The van der Waals surface area contributed by atoms with Gasteiger partial charge in [0.25, 0.3) is 0 Å². The van der Waals surface area contributed by atoms with Gasteiger partial charge in [-0.1, -0.05) is 12.8 Å². The number of carboxylic acid groups (broad SMARTS) is 1. The predicted molar refractivity (Wildman–Crippen MR) is 45.0 cm³/mol. The van der Waals surface area contributed by atoms with Gasteiger partial charge < -0.3 is 9.84 Å². The third-order valence-corrected chi connectivity index (χ3v) is 2.40. The molecule has 3 heteroatoms. The van der Waals surface area contributed by atoms with E-state index in [1.807, 2.05) is 0 Å². The fourth-order valence-electron chi connectivity index (χ4n) is 1.53. The minimum absolute atomic E-state index is 0.604. The number of carboxylic acids is 1. The van der Waals surface area contributed by atoms with Gasteiger partial charge >= 0.3 is 5.97 Å². The Kier molecular flexibility index (Phi) is 3.53. The van der Waals surface area contributed by atoms with E-state index < -0.39 is 12.1 Å². The fraction of sp³-hybridized carbons (Fsp3) is 0.889. The van der Waals surface area contributed by atoms with Gasteiger partial charge in [-0.15, -0.1) is 0 Å². The number of hydrogen-bond acceptors (Lipinski definition) is 2. The highest BCUT2D eigenvalue weighted by Gasteiger charge is 2.18. The average Bonchev–Trinajstić information content (AvgIpc) is 2.51. The highest BCUT2D eigenvalue weighted by molar-refractivity contribution is 5.71. The van der Waals surface area contributed by atoms with Gasteiger partial charge in [0.1, 0.15) is 0 Å². The van der Waals surface area contributed by atoms with Crippen molar-refractivity contribution < 1.29 is 14.6 Å². The van der Waals surface area contributed by atoms with Crippen molar-refractivity contribution in [3.63, 3.8) is 0 Å². The Morgan fingerprint density at radius 2 is 2.17 bits per heavy atom. The maximum Gasteiger partial charge on any atom is 0.332 e. The minimum Gasteiger partial charge on any atom is -0.479 e. The molecule has 0 amide bonds.